The third-order valence-corrected chi connectivity index (χ3v) is 2.93. The van der Waals surface area contributed by atoms with Gasteiger partial charge in [0.2, 0.25) is 0 Å². The fourth-order valence-electron chi connectivity index (χ4n) is 0.202. The zero-order valence-electron chi connectivity index (χ0n) is 4.92. The molecule has 3 nitrogen and oxygen atoms in total. The first-order valence-electron chi connectivity index (χ1n) is 2.26. The van der Waals surface area contributed by atoms with Crippen LogP contribution in [0.25, 0.3) is 0 Å². The molecule has 0 saturated carbocycles. The van der Waals surface area contributed by atoms with Crippen LogP contribution in [0.5, 0.6) is 0 Å². The molecule has 0 aliphatic carbocycles. The van der Waals surface area contributed by atoms with Gasteiger partial charge in [-0.1, -0.05) is 0 Å². The first-order chi connectivity index (χ1) is 3.55. The second-order valence-corrected chi connectivity index (χ2v) is 4.87. The summed E-state index contributed by atoms with van der Waals surface area (Å²) in [5.74, 6) is 0. The molecule has 0 aromatic heterocycles. The molecule has 0 aliphatic heterocycles. The fraction of sp³-hybridized carbons (Fsp3) is 0.750. The molecule has 0 saturated heterocycles. The topological polar surface area (TPSA) is 63.3 Å². The van der Waals surface area contributed by atoms with E-state index in [0.29, 0.717) is 0 Å². The van der Waals surface area contributed by atoms with Crippen LogP contribution >= 0.6 is 0 Å². The molecule has 3 N–H and O–H groups in total. The third-order valence-electron chi connectivity index (χ3n) is 0.710. The quantitative estimate of drug-likeness (QED) is 0.626. The Kier molecular flexibility index (Phi) is 3.07. The number of carboxylic acid groups (broad SMARTS) is 1. The van der Waals surface area contributed by atoms with E-state index in [2.05, 4.69) is 0 Å². The van der Waals surface area contributed by atoms with E-state index in [9.17, 15) is 4.79 Å². The van der Waals surface area contributed by atoms with Crippen molar-refractivity contribution in [3.63, 3.8) is 0 Å². The van der Waals surface area contributed by atoms with Crippen molar-refractivity contribution in [1.82, 2.24) is 0 Å². The minimum atomic E-state index is -1.81. The number of hydrogen-bond donors (Lipinski definition) is 2. The van der Waals surface area contributed by atoms with E-state index in [-0.39, 0.29) is 4.78 Å². The van der Waals surface area contributed by atoms with Gasteiger partial charge in [-0.2, -0.15) is 0 Å². The monoisotopic (exact) mass is 156 g/mol. The summed E-state index contributed by atoms with van der Waals surface area (Å²) in [6.07, 6.45) is 0. The van der Waals surface area contributed by atoms with Crippen LogP contribution in [0.2, 0.25) is 4.78 Å². The first kappa shape index (κ1) is 7.96. The molecular weight excluding hydrogens is 146 g/mol. The Morgan fingerprint density at radius 3 is 2.12 bits per heavy atom. The van der Waals surface area contributed by atoms with Crippen molar-refractivity contribution in [3.05, 3.63) is 0 Å². The van der Waals surface area contributed by atoms with E-state index in [1.165, 1.54) is 0 Å². The van der Waals surface area contributed by atoms with E-state index >= 15 is 0 Å². The fourth-order valence-corrected chi connectivity index (χ4v) is 0.831. The van der Waals surface area contributed by atoms with E-state index in [1.807, 2.05) is 13.8 Å². The summed E-state index contributed by atoms with van der Waals surface area (Å²) in [7, 11) is 0. The first-order valence-corrected chi connectivity index (χ1v) is 4.37. The summed E-state index contributed by atoms with van der Waals surface area (Å²) in [5.41, 5.74) is 0. The van der Waals surface area contributed by atoms with Crippen molar-refractivity contribution in [2.24, 2.45) is 4.72 Å². The molecule has 0 fully saturated rings. The van der Waals surface area contributed by atoms with Crippen LogP contribution in [-0.4, -0.2) is 9.94 Å². The zero-order chi connectivity index (χ0) is 6.73. The molecule has 0 aromatic carbocycles. The predicted molar refractivity (Wildman–Crippen MR) is 27.3 cm³/mol. The SMILES string of the molecule is C[CH](C)[Cr]([NH2])[C](=O)O. The molecular formula is C4H10CrNO2. The van der Waals surface area contributed by atoms with E-state index in [1.54, 1.807) is 0 Å². The zero-order valence-corrected chi connectivity index (χ0v) is 6.19. The van der Waals surface area contributed by atoms with Crippen LogP contribution in [0.15, 0.2) is 0 Å². The molecule has 0 heterocycles. The maximum atomic E-state index is 10.1. The molecule has 4 heteroatoms. The van der Waals surface area contributed by atoms with Crippen LogP contribution < -0.4 is 4.72 Å². The molecule has 0 bridgehead atoms. The predicted octanol–water partition coefficient (Wildman–Crippen LogP) is 0.985. The van der Waals surface area contributed by atoms with Crippen molar-refractivity contribution in [1.29, 1.82) is 0 Å². The summed E-state index contributed by atoms with van der Waals surface area (Å²) in [6, 6.07) is 0. The van der Waals surface area contributed by atoms with Crippen LogP contribution in [0.3, 0.4) is 0 Å². The summed E-state index contributed by atoms with van der Waals surface area (Å²) in [6.45, 7) is 3.66. The summed E-state index contributed by atoms with van der Waals surface area (Å²) < 4.78 is 5.43. The summed E-state index contributed by atoms with van der Waals surface area (Å²) >= 11 is -1.81. The Labute approximate surface area is 53.1 Å². The third kappa shape index (κ3) is 2.32. The average Bonchev–Trinajstić information content (AvgIpc) is 1.64. The number of rotatable bonds is 2. The van der Waals surface area contributed by atoms with E-state index in [0.717, 1.165) is 0 Å². The Bertz CT molecular complexity index is 94.0. The second kappa shape index (κ2) is 3.08. The molecule has 8 heavy (non-hydrogen) atoms. The van der Waals surface area contributed by atoms with Gasteiger partial charge in [-0.15, -0.1) is 0 Å². The maximum absolute atomic E-state index is 10.1. The molecule has 0 aliphatic rings. The van der Waals surface area contributed by atoms with Crippen LogP contribution in [0, 0.1) is 0 Å². The normalized spacial score (nSPS) is 10.6. The molecule has 0 amide bonds. The molecule has 0 aromatic rings. The van der Waals surface area contributed by atoms with Gasteiger partial charge in [0.05, 0.1) is 0 Å². The molecule has 0 radical (unpaired) electrons. The van der Waals surface area contributed by atoms with Crippen molar-refractivity contribution in [2.75, 3.05) is 0 Å². The number of hydrogen-bond acceptors (Lipinski definition) is 2. The van der Waals surface area contributed by atoms with Gasteiger partial charge >= 0.3 is 52.4 Å². The van der Waals surface area contributed by atoms with Crippen molar-refractivity contribution in [3.8, 4) is 0 Å². The molecule has 0 rings (SSSR count). The van der Waals surface area contributed by atoms with Gasteiger partial charge < -0.3 is 0 Å². The number of carbonyl (C=O) groups is 1. The Morgan fingerprint density at radius 2 is 2.12 bits per heavy atom. The Hall–Kier alpha value is -0.0375. The second-order valence-electron chi connectivity index (χ2n) is 1.69. The van der Waals surface area contributed by atoms with Crippen molar-refractivity contribution < 1.29 is 24.3 Å². The molecule has 49 valence electrons. The van der Waals surface area contributed by atoms with Crippen molar-refractivity contribution >= 4 is 4.83 Å². The van der Waals surface area contributed by atoms with Gasteiger partial charge in [0.25, 0.3) is 0 Å². The van der Waals surface area contributed by atoms with Crippen LogP contribution in [0.4, 0.5) is 4.79 Å². The molecule has 0 spiro atoms. The average molecular weight is 156 g/mol. The summed E-state index contributed by atoms with van der Waals surface area (Å²) in [4.78, 5) is 9.27. The summed E-state index contributed by atoms with van der Waals surface area (Å²) in [5, 5.41) is 8.28. The molecule has 0 unspecified atom stereocenters. The van der Waals surface area contributed by atoms with Gasteiger partial charge in [0.15, 0.2) is 0 Å². The van der Waals surface area contributed by atoms with Gasteiger partial charge in [-0.05, 0) is 0 Å². The van der Waals surface area contributed by atoms with E-state index in [4.69, 9.17) is 9.82 Å². The number of nitrogens with two attached hydrogens (primary N) is 1. The van der Waals surface area contributed by atoms with Gasteiger partial charge in [-0.25, -0.2) is 0 Å². The van der Waals surface area contributed by atoms with Crippen molar-refractivity contribution in [2.45, 2.75) is 18.6 Å². The van der Waals surface area contributed by atoms with Gasteiger partial charge in [0.1, 0.15) is 0 Å². The van der Waals surface area contributed by atoms with Gasteiger partial charge in [-0.3, -0.25) is 0 Å². The minimum absolute atomic E-state index is 0.146. The van der Waals surface area contributed by atoms with Crippen LogP contribution in [0.1, 0.15) is 13.8 Å². The molecule has 0 atom stereocenters. The Balaban J connectivity index is 3.64. The standard InChI is InChI=1S/C3H7.CHO2.Cr.H2N/c1-3-2;2-1-3;;/h3H,1-2H3;(H,2,3);;1H2/q;;+1;-1. The van der Waals surface area contributed by atoms with E-state index < -0.39 is 19.2 Å². The Morgan fingerprint density at radius 1 is 1.75 bits per heavy atom. The van der Waals surface area contributed by atoms with Crippen LogP contribution in [-0.2, 0) is 14.4 Å². The van der Waals surface area contributed by atoms with Gasteiger partial charge in [0, 0.05) is 0 Å².